The fourth-order valence-corrected chi connectivity index (χ4v) is 4.45. The summed E-state index contributed by atoms with van der Waals surface area (Å²) >= 11 is 0. The van der Waals surface area contributed by atoms with Crippen LogP contribution in [0.25, 0.3) is 0 Å². The molecule has 13 heteroatoms. The lowest BCUT2D eigenvalue weighted by Gasteiger charge is -2.32. The summed E-state index contributed by atoms with van der Waals surface area (Å²) in [5.74, 6) is -1.76. The van der Waals surface area contributed by atoms with Crippen molar-refractivity contribution >= 4 is 33.3 Å². The van der Waals surface area contributed by atoms with Crippen molar-refractivity contribution in [2.45, 2.75) is 30.7 Å². The number of benzene rings is 1. The van der Waals surface area contributed by atoms with Crippen molar-refractivity contribution in [2.24, 2.45) is 0 Å². The van der Waals surface area contributed by atoms with Crippen molar-refractivity contribution < 1.29 is 37.1 Å². The molecule has 0 amide bonds. The lowest BCUT2D eigenvalue weighted by atomic mass is 10.1. The Morgan fingerprint density at radius 1 is 1.23 bits per heavy atom. The van der Waals surface area contributed by atoms with Gasteiger partial charge in [0, 0.05) is 12.1 Å². The van der Waals surface area contributed by atoms with Gasteiger partial charge in [0.2, 0.25) is 10.0 Å². The minimum absolute atomic E-state index is 0.00637. The van der Waals surface area contributed by atoms with E-state index in [2.05, 4.69) is 4.72 Å². The number of anilines is 1. The van der Waals surface area contributed by atoms with Crippen molar-refractivity contribution in [1.29, 1.82) is 0 Å². The van der Waals surface area contributed by atoms with Crippen molar-refractivity contribution in [2.75, 3.05) is 32.5 Å². The van der Waals surface area contributed by atoms with Crippen LogP contribution in [0.2, 0.25) is 0 Å². The van der Waals surface area contributed by atoms with Crippen LogP contribution in [0.3, 0.4) is 0 Å². The van der Waals surface area contributed by atoms with E-state index >= 15 is 0 Å². The highest BCUT2D eigenvalue weighted by atomic mass is 32.2. The third-order valence-corrected chi connectivity index (χ3v) is 6.36. The standard InChI is InChI=1S/C18H21N3O9S/c1-10-14(20-9-30-8-13(17(22)28-2)16(20)18(23)29-3)6-12(7-15(10)21(24)25)31(26,27)19-11-4-5-11/h6-7,11,19H,4-5,8-9H2,1-3H3. The monoisotopic (exact) mass is 455 g/mol. The highest BCUT2D eigenvalue weighted by Gasteiger charge is 2.36. The van der Waals surface area contributed by atoms with Crippen LogP contribution in [-0.2, 0) is 33.8 Å². The summed E-state index contributed by atoms with van der Waals surface area (Å²) in [6, 6.07) is 1.93. The summed E-state index contributed by atoms with van der Waals surface area (Å²) in [6.07, 6.45) is 1.36. The van der Waals surface area contributed by atoms with Gasteiger partial charge in [0.25, 0.3) is 5.69 Å². The van der Waals surface area contributed by atoms with Crippen LogP contribution in [0.1, 0.15) is 18.4 Å². The van der Waals surface area contributed by atoms with Gasteiger partial charge in [-0.3, -0.25) is 10.1 Å². The van der Waals surface area contributed by atoms with Crippen molar-refractivity contribution in [3.63, 3.8) is 0 Å². The number of rotatable bonds is 7. The Bertz CT molecular complexity index is 1080. The van der Waals surface area contributed by atoms with Crippen LogP contribution in [0.15, 0.2) is 28.3 Å². The third-order valence-electron chi connectivity index (χ3n) is 4.86. The minimum Gasteiger partial charge on any atom is -0.466 e. The van der Waals surface area contributed by atoms with Gasteiger partial charge < -0.3 is 19.1 Å². The number of ether oxygens (including phenoxy) is 3. The molecule has 1 saturated carbocycles. The molecule has 0 bridgehead atoms. The predicted molar refractivity (Wildman–Crippen MR) is 106 cm³/mol. The van der Waals surface area contributed by atoms with E-state index in [1.807, 2.05) is 0 Å². The molecule has 0 aromatic heterocycles. The largest absolute Gasteiger partial charge is 0.466 e. The van der Waals surface area contributed by atoms with Gasteiger partial charge in [-0.1, -0.05) is 0 Å². The van der Waals surface area contributed by atoms with Crippen LogP contribution >= 0.6 is 0 Å². The number of hydrogen-bond acceptors (Lipinski definition) is 10. The molecule has 0 unspecified atom stereocenters. The number of carbonyl (C=O) groups excluding carboxylic acids is 2. The Morgan fingerprint density at radius 2 is 1.87 bits per heavy atom. The van der Waals surface area contributed by atoms with Gasteiger partial charge in [0.05, 0.1) is 47.5 Å². The number of methoxy groups -OCH3 is 2. The van der Waals surface area contributed by atoms with Crippen molar-refractivity contribution in [3.8, 4) is 0 Å². The fraction of sp³-hybridized carbons (Fsp3) is 0.444. The van der Waals surface area contributed by atoms with Crippen molar-refractivity contribution in [1.82, 2.24) is 4.72 Å². The maximum absolute atomic E-state index is 12.7. The van der Waals surface area contributed by atoms with Crippen LogP contribution in [-0.4, -0.2) is 58.9 Å². The maximum atomic E-state index is 12.7. The molecule has 168 valence electrons. The number of nitro benzene ring substituents is 1. The Hall–Kier alpha value is -3.03. The first kappa shape index (κ1) is 22.7. The van der Waals surface area contributed by atoms with E-state index < -0.39 is 32.6 Å². The number of nitrogens with one attached hydrogen (secondary N) is 1. The van der Waals surface area contributed by atoms with E-state index in [0.29, 0.717) is 12.8 Å². The molecule has 0 radical (unpaired) electrons. The van der Waals surface area contributed by atoms with Crippen molar-refractivity contribution in [3.05, 3.63) is 39.1 Å². The van der Waals surface area contributed by atoms with Crippen LogP contribution < -0.4 is 9.62 Å². The van der Waals surface area contributed by atoms with Gasteiger partial charge in [-0.15, -0.1) is 0 Å². The van der Waals surface area contributed by atoms with E-state index in [1.165, 1.54) is 17.9 Å². The normalized spacial score (nSPS) is 16.8. The summed E-state index contributed by atoms with van der Waals surface area (Å²) < 4.78 is 42.8. The summed E-state index contributed by atoms with van der Waals surface area (Å²) in [5, 5.41) is 11.6. The average molecular weight is 455 g/mol. The number of nitrogens with zero attached hydrogens (tertiary/aromatic N) is 2. The van der Waals surface area contributed by atoms with Gasteiger partial charge in [-0.05, 0) is 25.8 Å². The van der Waals surface area contributed by atoms with E-state index in [0.717, 1.165) is 20.3 Å². The molecule has 1 aliphatic carbocycles. The minimum atomic E-state index is -4.05. The molecule has 0 atom stereocenters. The molecule has 3 rings (SSSR count). The van der Waals surface area contributed by atoms with Crippen LogP contribution in [0, 0.1) is 17.0 Å². The summed E-state index contributed by atoms with van der Waals surface area (Å²) in [6.45, 7) is 0.873. The molecule has 31 heavy (non-hydrogen) atoms. The second-order valence-electron chi connectivity index (χ2n) is 6.96. The Balaban J connectivity index is 2.23. The maximum Gasteiger partial charge on any atom is 0.355 e. The first-order valence-corrected chi connectivity index (χ1v) is 10.7. The molecule has 2 aliphatic rings. The molecule has 0 saturated heterocycles. The highest BCUT2D eigenvalue weighted by molar-refractivity contribution is 7.89. The first-order chi connectivity index (χ1) is 14.6. The van der Waals surface area contributed by atoms with Crippen LogP contribution in [0.5, 0.6) is 0 Å². The molecular formula is C18H21N3O9S. The molecule has 12 nitrogen and oxygen atoms in total. The SMILES string of the molecule is COC(=O)C1=C(C(=O)OC)N(c2cc(S(=O)(=O)NC3CC3)cc([N+](=O)[O-])c2C)COC1. The molecule has 1 aromatic rings. The zero-order valence-electron chi connectivity index (χ0n) is 17.0. The molecule has 0 spiro atoms. The second kappa shape index (κ2) is 8.61. The Morgan fingerprint density at radius 3 is 2.42 bits per heavy atom. The number of nitro groups is 1. The second-order valence-corrected chi connectivity index (χ2v) is 8.67. The van der Waals surface area contributed by atoms with Gasteiger partial charge in [-0.2, -0.15) is 0 Å². The van der Waals surface area contributed by atoms with Gasteiger partial charge in [0.15, 0.2) is 0 Å². The fourth-order valence-electron chi connectivity index (χ4n) is 3.11. The number of hydrogen-bond donors (Lipinski definition) is 1. The third kappa shape index (κ3) is 4.52. The van der Waals surface area contributed by atoms with Gasteiger partial charge in [-0.25, -0.2) is 22.7 Å². The molecule has 1 N–H and O–H groups in total. The smallest absolute Gasteiger partial charge is 0.355 e. The Kier molecular flexibility index (Phi) is 6.29. The van der Waals surface area contributed by atoms with Crippen LogP contribution in [0.4, 0.5) is 11.4 Å². The predicted octanol–water partition coefficient (Wildman–Crippen LogP) is 0.738. The average Bonchev–Trinajstić information content (AvgIpc) is 3.55. The topological polar surface area (TPSA) is 154 Å². The van der Waals surface area contributed by atoms with Gasteiger partial charge in [0.1, 0.15) is 12.4 Å². The highest BCUT2D eigenvalue weighted by Crippen LogP contribution is 2.36. The quantitative estimate of drug-likeness (QED) is 0.353. The van der Waals surface area contributed by atoms with E-state index in [-0.39, 0.29) is 46.8 Å². The first-order valence-electron chi connectivity index (χ1n) is 9.17. The number of sulfonamides is 1. The summed E-state index contributed by atoms with van der Waals surface area (Å²) in [7, 11) is -1.83. The summed E-state index contributed by atoms with van der Waals surface area (Å²) in [5.41, 5.74) is -0.795. The Labute approximate surface area is 177 Å². The van der Waals surface area contributed by atoms with E-state index in [1.54, 1.807) is 0 Å². The molecule has 1 aromatic carbocycles. The molecule has 1 fully saturated rings. The molecule has 1 heterocycles. The number of esters is 2. The van der Waals surface area contributed by atoms with E-state index in [9.17, 15) is 28.1 Å². The molecule has 1 aliphatic heterocycles. The lowest BCUT2D eigenvalue weighted by Crippen LogP contribution is -2.39. The number of carbonyl (C=O) groups is 2. The zero-order chi connectivity index (χ0) is 22.9. The van der Waals surface area contributed by atoms with Gasteiger partial charge >= 0.3 is 11.9 Å². The lowest BCUT2D eigenvalue weighted by molar-refractivity contribution is -0.385. The van der Waals surface area contributed by atoms with E-state index in [4.69, 9.17) is 14.2 Å². The summed E-state index contributed by atoms with van der Waals surface area (Å²) in [4.78, 5) is 36.4. The molecular weight excluding hydrogens is 434 g/mol. The zero-order valence-corrected chi connectivity index (χ0v) is 17.9.